The van der Waals surface area contributed by atoms with Gasteiger partial charge in [0.05, 0.1) is 0 Å². The second-order valence-electron chi connectivity index (χ2n) is 4.71. The standard InChI is InChI=1S/C13H19ClN2O/c1-9(2)4-5-10(3)16-13(17)12-8-11(14)6-7-15-12/h6-10H,4-5H2,1-3H3,(H,16,17). The van der Waals surface area contributed by atoms with Gasteiger partial charge in [-0.1, -0.05) is 25.4 Å². The summed E-state index contributed by atoms with van der Waals surface area (Å²) in [6.45, 7) is 6.35. The van der Waals surface area contributed by atoms with Gasteiger partial charge in [0.2, 0.25) is 0 Å². The van der Waals surface area contributed by atoms with Crippen LogP contribution in [-0.4, -0.2) is 16.9 Å². The molecule has 1 rings (SSSR count). The van der Waals surface area contributed by atoms with Crippen LogP contribution in [0.3, 0.4) is 0 Å². The molecule has 0 aliphatic carbocycles. The minimum Gasteiger partial charge on any atom is -0.348 e. The molecule has 0 aromatic carbocycles. The van der Waals surface area contributed by atoms with Crippen molar-refractivity contribution in [2.45, 2.75) is 39.7 Å². The Bertz CT molecular complexity index is 379. The number of aromatic nitrogens is 1. The fraction of sp³-hybridized carbons (Fsp3) is 0.538. The molecule has 0 spiro atoms. The topological polar surface area (TPSA) is 42.0 Å². The Labute approximate surface area is 108 Å². The molecule has 0 saturated carbocycles. The lowest BCUT2D eigenvalue weighted by Gasteiger charge is -2.14. The van der Waals surface area contributed by atoms with Gasteiger partial charge in [0.25, 0.3) is 5.91 Å². The summed E-state index contributed by atoms with van der Waals surface area (Å²) < 4.78 is 0. The molecular weight excluding hydrogens is 236 g/mol. The van der Waals surface area contributed by atoms with E-state index in [1.165, 1.54) is 6.20 Å². The van der Waals surface area contributed by atoms with Gasteiger partial charge in [0, 0.05) is 17.3 Å². The fourth-order valence-corrected chi connectivity index (χ4v) is 1.64. The number of nitrogens with one attached hydrogen (secondary N) is 1. The zero-order valence-corrected chi connectivity index (χ0v) is 11.3. The summed E-state index contributed by atoms with van der Waals surface area (Å²) in [5, 5.41) is 3.45. The molecule has 17 heavy (non-hydrogen) atoms. The number of carbonyl (C=O) groups is 1. The highest BCUT2D eigenvalue weighted by atomic mass is 35.5. The SMILES string of the molecule is CC(C)CCC(C)NC(=O)c1cc(Cl)ccn1. The highest BCUT2D eigenvalue weighted by Gasteiger charge is 2.11. The average molecular weight is 255 g/mol. The number of carbonyl (C=O) groups excluding carboxylic acids is 1. The third kappa shape index (κ3) is 5.18. The zero-order valence-electron chi connectivity index (χ0n) is 10.5. The minimum atomic E-state index is -0.163. The summed E-state index contributed by atoms with van der Waals surface area (Å²) >= 11 is 5.81. The van der Waals surface area contributed by atoms with Crippen LogP contribution in [0.4, 0.5) is 0 Å². The van der Waals surface area contributed by atoms with Crippen LogP contribution in [0.5, 0.6) is 0 Å². The van der Waals surface area contributed by atoms with Crippen LogP contribution in [-0.2, 0) is 0 Å². The first-order valence-corrected chi connectivity index (χ1v) is 6.29. The van der Waals surface area contributed by atoms with Crippen molar-refractivity contribution in [2.75, 3.05) is 0 Å². The van der Waals surface area contributed by atoms with Crippen LogP contribution >= 0.6 is 11.6 Å². The van der Waals surface area contributed by atoms with Gasteiger partial charge in [-0.25, -0.2) is 0 Å². The second-order valence-corrected chi connectivity index (χ2v) is 5.14. The number of pyridine rings is 1. The largest absolute Gasteiger partial charge is 0.348 e. The molecule has 1 N–H and O–H groups in total. The number of hydrogen-bond donors (Lipinski definition) is 1. The van der Waals surface area contributed by atoms with Crippen LogP contribution < -0.4 is 5.32 Å². The lowest BCUT2D eigenvalue weighted by Crippen LogP contribution is -2.33. The summed E-state index contributed by atoms with van der Waals surface area (Å²) in [5.74, 6) is 0.488. The number of nitrogens with zero attached hydrogens (tertiary/aromatic N) is 1. The van der Waals surface area contributed by atoms with Gasteiger partial charge in [0.1, 0.15) is 5.69 Å². The summed E-state index contributed by atoms with van der Waals surface area (Å²) in [4.78, 5) is 15.8. The van der Waals surface area contributed by atoms with E-state index in [0.717, 1.165) is 12.8 Å². The van der Waals surface area contributed by atoms with E-state index >= 15 is 0 Å². The van der Waals surface area contributed by atoms with Gasteiger partial charge < -0.3 is 5.32 Å². The Balaban J connectivity index is 2.49. The van der Waals surface area contributed by atoms with Gasteiger partial charge in [-0.05, 0) is 37.8 Å². The third-order valence-corrected chi connectivity index (χ3v) is 2.74. The monoisotopic (exact) mass is 254 g/mol. The molecule has 0 aliphatic rings. The number of hydrogen-bond acceptors (Lipinski definition) is 2. The molecule has 1 unspecified atom stereocenters. The molecule has 0 bridgehead atoms. The average Bonchev–Trinajstić information content (AvgIpc) is 2.26. The van der Waals surface area contributed by atoms with Crippen molar-refractivity contribution in [1.29, 1.82) is 0 Å². The van der Waals surface area contributed by atoms with Crippen molar-refractivity contribution < 1.29 is 4.79 Å². The molecule has 1 heterocycles. The predicted octanol–water partition coefficient (Wildman–Crippen LogP) is 3.29. The quantitative estimate of drug-likeness (QED) is 0.876. The maximum atomic E-state index is 11.8. The molecule has 1 atom stereocenters. The van der Waals surface area contributed by atoms with Crippen LogP contribution in [0, 0.1) is 5.92 Å². The van der Waals surface area contributed by atoms with Crippen molar-refractivity contribution in [1.82, 2.24) is 10.3 Å². The highest BCUT2D eigenvalue weighted by Crippen LogP contribution is 2.09. The first kappa shape index (κ1) is 14.0. The van der Waals surface area contributed by atoms with Crippen LogP contribution in [0.25, 0.3) is 0 Å². The molecular formula is C13H19ClN2O. The summed E-state index contributed by atoms with van der Waals surface area (Å²) in [5.41, 5.74) is 0.369. The Morgan fingerprint density at radius 1 is 1.41 bits per heavy atom. The highest BCUT2D eigenvalue weighted by molar-refractivity contribution is 6.30. The molecule has 1 amide bonds. The van der Waals surface area contributed by atoms with Crippen LogP contribution in [0.15, 0.2) is 18.3 Å². The van der Waals surface area contributed by atoms with Gasteiger partial charge in [-0.15, -0.1) is 0 Å². The molecule has 1 aromatic heterocycles. The van der Waals surface area contributed by atoms with E-state index in [1.54, 1.807) is 12.1 Å². The Kier molecular flexibility index (Phi) is 5.42. The van der Waals surface area contributed by atoms with Crippen molar-refractivity contribution in [3.63, 3.8) is 0 Å². The van der Waals surface area contributed by atoms with Crippen molar-refractivity contribution in [3.05, 3.63) is 29.0 Å². The van der Waals surface area contributed by atoms with E-state index in [-0.39, 0.29) is 11.9 Å². The van der Waals surface area contributed by atoms with Gasteiger partial charge in [-0.3, -0.25) is 9.78 Å². The van der Waals surface area contributed by atoms with Gasteiger partial charge >= 0.3 is 0 Å². The Hall–Kier alpha value is -1.09. The number of halogens is 1. The van der Waals surface area contributed by atoms with Crippen LogP contribution in [0.1, 0.15) is 44.1 Å². The fourth-order valence-electron chi connectivity index (χ4n) is 1.48. The molecule has 0 saturated heterocycles. The zero-order chi connectivity index (χ0) is 12.8. The molecule has 0 aliphatic heterocycles. The van der Waals surface area contributed by atoms with Crippen molar-refractivity contribution >= 4 is 17.5 Å². The molecule has 3 nitrogen and oxygen atoms in total. The molecule has 94 valence electrons. The Morgan fingerprint density at radius 2 is 2.12 bits per heavy atom. The number of rotatable bonds is 5. The maximum Gasteiger partial charge on any atom is 0.270 e. The van der Waals surface area contributed by atoms with Crippen molar-refractivity contribution in [3.8, 4) is 0 Å². The maximum absolute atomic E-state index is 11.8. The summed E-state index contributed by atoms with van der Waals surface area (Å²) in [7, 11) is 0. The molecule has 0 fully saturated rings. The van der Waals surface area contributed by atoms with E-state index in [9.17, 15) is 4.79 Å². The second kappa shape index (κ2) is 6.60. The molecule has 0 radical (unpaired) electrons. The lowest BCUT2D eigenvalue weighted by molar-refractivity contribution is 0.0932. The van der Waals surface area contributed by atoms with E-state index in [1.807, 2.05) is 6.92 Å². The van der Waals surface area contributed by atoms with Gasteiger partial charge in [0.15, 0.2) is 0 Å². The summed E-state index contributed by atoms with van der Waals surface area (Å²) in [6.07, 6.45) is 3.62. The minimum absolute atomic E-state index is 0.158. The van der Waals surface area contributed by atoms with Gasteiger partial charge in [-0.2, -0.15) is 0 Å². The first-order chi connectivity index (χ1) is 7.99. The number of amides is 1. The normalized spacial score (nSPS) is 12.5. The molecule has 1 aromatic rings. The van der Waals surface area contributed by atoms with E-state index in [0.29, 0.717) is 16.6 Å². The summed E-state index contributed by atoms with van der Waals surface area (Å²) in [6, 6.07) is 3.39. The van der Waals surface area contributed by atoms with E-state index in [4.69, 9.17) is 11.6 Å². The van der Waals surface area contributed by atoms with Crippen LogP contribution in [0.2, 0.25) is 5.02 Å². The third-order valence-electron chi connectivity index (χ3n) is 2.51. The smallest absolute Gasteiger partial charge is 0.270 e. The van der Waals surface area contributed by atoms with E-state index < -0.39 is 0 Å². The lowest BCUT2D eigenvalue weighted by atomic mass is 10.0. The molecule has 4 heteroatoms. The van der Waals surface area contributed by atoms with E-state index in [2.05, 4.69) is 24.1 Å². The predicted molar refractivity (Wildman–Crippen MR) is 70.2 cm³/mol. The Morgan fingerprint density at radius 3 is 2.71 bits per heavy atom. The first-order valence-electron chi connectivity index (χ1n) is 5.91. The van der Waals surface area contributed by atoms with Crippen molar-refractivity contribution in [2.24, 2.45) is 5.92 Å².